The number of carbonyl (C=O) groups excluding carboxylic acids is 4. The van der Waals surface area contributed by atoms with Crippen molar-refractivity contribution in [1.29, 1.82) is 0 Å². The minimum absolute atomic E-state index is 0.0187. The number of primary amides is 1. The molecule has 4 amide bonds. The van der Waals surface area contributed by atoms with E-state index in [9.17, 15) is 39.0 Å². The van der Waals surface area contributed by atoms with Crippen LogP contribution in [0.2, 0.25) is 0 Å². The Hall–Kier alpha value is -3.85. The van der Waals surface area contributed by atoms with Crippen LogP contribution >= 0.6 is 11.8 Å². The molecule has 216 valence electrons. The fourth-order valence-electron chi connectivity index (χ4n) is 3.36. The number of hydrogen-bond donors (Lipinski definition) is 8. The number of phenolic OH excluding ortho intramolecular Hbond substituents is 1. The number of nitrogens with one attached hydrogen (secondary N) is 3. The number of amides is 4. The van der Waals surface area contributed by atoms with E-state index in [2.05, 4.69) is 16.0 Å². The third-order valence-corrected chi connectivity index (χ3v) is 6.20. The summed E-state index contributed by atoms with van der Waals surface area (Å²) in [7, 11) is 0. The van der Waals surface area contributed by atoms with E-state index < -0.39 is 59.7 Å². The number of aromatic hydroxyl groups is 1. The zero-order valence-electron chi connectivity index (χ0n) is 21.4. The van der Waals surface area contributed by atoms with Gasteiger partial charge >= 0.3 is 11.9 Å². The maximum absolute atomic E-state index is 13.1. The van der Waals surface area contributed by atoms with E-state index in [0.29, 0.717) is 11.3 Å². The molecule has 0 bridgehead atoms. The van der Waals surface area contributed by atoms with Crippen molar-refractivity contribution in [2.75, 3.05) is 12.0 Å². The van der Waals surface area contributed by atoms with Gasteiger partial charge in [0.15, 0.2) is 0 Å². The molecule has 0 heterocycles. The van der Waals surface area contributed by atoms with Gasteiger partial charge in [-0.2, -0.15) is 11.8 Å². The number of benzene rings is 1. The summed E-state index contributed by atoms with van der Waals surface area (Å²) in [6.07, 6.45) is 0.764. The minimum atomic E-state index is -1.39. The number of carboxylic acid groups (broad SMARTS) is 2. The van der Waals surface area contributed by atoms with Crippen molar-refractivity contribution >= 4 is 47.3 Å². The second-order valence-electron chi connectivity index (χ2n) is 8.72. The van der Waals surface area contributed by atoms with Crippen molar-refractivity contribution in [3.05, 3.63) is 29.8 Å². The van der Waals surface area contributed by atoms with Crippen LogP contribution in [0.3, 0.4) is 0 Å². The molecule has 0 radical (unpaired) electrons. The van der Waals surface area contributed by atoms with Gasteiger partial charge in [0.25, 0.3) is 0 Å². The van der Waals surface area contributed by atoms with E-state index in [0.717, 1.165) is 0 Å². The number of thioether (sulfide) groups is 1. The maximum Gasteiger partial charge on any atom is 0.326 e. The molecule has 1 rings (SSSR count). The summed E-state index contributed by atoms with van der Waals surface area (Å²) in [5.74, 6) is -5.24. The first-order valence-electron chi connectivity index (χ1n) is 12.0. The van der Waals surface area contributed by atoms with E-state index in [4.69, 9.17) is 16.6 Å². The van der Waals surface area contributed by atoms with E-state index in [1.54, 1.807) is 6.26 Å². The van der Waals surface area contributed by atoms with Gasteiger partial charge in [-0.3, -0.25) is 24.0 Å². The first kappa shape index (κ1) is 33.2. The van der Waals surface area contributed by atoms with Gasteiger partial charge in [-0.15, -0.1) is 0 Å². The van der Waals surface area contributed by atoms with Crippen molar-refractivity contribution in [3.8, 4) is 5.75 Å². The fourth-order valence-corrected chi connectivity index (χ4v) is 3.83. The molecular weight excluding hydrogens is 534 g/mol. The number of carbonyl (C=O) groups is 6. The van der Waals surface area contributed by atoms with Crippen molar-refractivity contribution in [3.63, 3.8) is 0 Å². The molecule has 0 aliphatic rings. The third kappa shape index (κ3) is 13.0. The van der Waals surface area contributed by atoms with Crippen LogP contribution in [0.15, 0.2) is 24.3 Å². The van der Waals surface area contributed by atoms with Crippen molar-refractivity contribution < 1.29 is 44.1 Å². The lowest BCUT2D eigenvalue weighted by molar-refractivity contribution is -0.142. The normalized spacial score (nSPS) is 13.8. The zero-order chi connectivity index (χ0) is 29.5. The summed E-state index contributed by atoms with van der Waals surface area (Å²) in [6.45, 7) is 0. The van der Waals surface area contributed by atoms with Crippen LogP contribution < -0.4 is 27.4 Å². The van der Waals surface area contributed by atoms with Crippen LogP contribution in [0.4, 0.5) is 0 Å². The van der Waals surface area contributed by atoms with Crippen LogP contribution in [0.25, 0.3) is 0 Å². The Balaban J connectivity index is 3.02. The Morgan fingerprint density at radius 1 is 0.821 bits per heavy atom. The summed E-state index contributed by atoms with van der Waals surface area (Å²) in [6, 6.07) is 0.627. The van der Waals surface area contributed by atoms with Gasteiger partial charge in [-0.1, -0.05) is 12.1 Å². The number of aliphatic carboxylic acids is 2. The Labute approximate surface area is 229 Å². The molecule has 10 N–H and O–H groups in total. The minimum Gasteiger partial charge on any atom is -0.508 e. The molecular formula is C24H35N5O9S. The monoisotopic (exact) mass is 569 g/mol. The maximum atomic E-state index is 13.1. The van der Waals surface area contributed by atoms with Gasteiger partial charge in [0.2, 0.25) is 23.6 Å². The van der Waals surface area contributed by atoms with Crippen LogP contribution in [-0.2, 0) is 35.2 Å². The molecule has 4 atom stereocenters. The topological polar surface area (TPSA) is 251 Å². The predicted octanol–water partition coefficient (Wildman–Crippen LogP) is -1.32. The van der Waals surface area contributed by atoms with Gasteiger partial charge in [-0.25, -0.2) is 4.79 Å². The second-order valence-corrected chi connectivity index (χ2v) is 9.70. The Morgan fingerprint density at radius 3 is 1.87 bits per heavy atom. The Kier molecular flexibility index (Phi) is 14.4. The van der Waals surface area contributed by atoms with E-state index >= 15 is 0 Å². The highest BCUT2D eigenvalue weighted by Crippen LogP contribution is 2.12. The largest absolute Gasteiger partial charge is 0.508 e. The summed E-state index contributed by atoms with van der Waals surface area (Å²) in [5, 5.41) is 35.1. The average molecular weight is 570 g/mol. The lowest BCUT2D eigenvalue weighted by atomic mass is 10.0. The number of nitrogens with two attached hydrogens (primary N) is 2. The van der Waals surface area contributed by atoms with Crippen molar-refractivity contribution in [2.24, 2.45) is 11.5 Å². The van der Waals surface area contributed by atoms with Crippen LogP contribution in [0.5, 0.6) is 5.75 Å². The van der Waals surface area contributed by atoms with Gasteiger partial charge in [0, 0.05) is 19.3 Å². The molecule has 15 heteroatoms. The second kappa shape index (κ2) is 16.9. The average Bonchev–Trinajstić information content (AvgIpc) is 2.87. The highest BCUT2D eigenvalue weighted by atomic mass is 32.2. The number of phenols is 1. The van der Waals surface area contributed by atoms with Crippen LogP contribution in [0.1, 0.15) is 37.7 Å². The Morgan fingerprint density at radius 2 is 1.36 bits per heavy atom. The SMILES string of the molecule is CSCCC(NC(=O)C(N)CCC(=O)O)C(=O)NC(CCC(N)=O)C(=O)NC(Cc1ccc(O)cc1)C(=O)O. The molecule has 4 unspecified atom stereocenters. The quantitative estimate of drug-likeness (QED) is 0.103. The third-order valence-electron chi connectivity index (χ3n) is 5.55. The fraction of sp³-hybridized carbons (Fsp3) is 0.500. The molecule has 0 saturated carbocycles. The van der Waals surface area contributed by atoms with Gasteiger partial charge < -0.3 is 42.7 Å². The van der Waals surface area contributed by atoms with E-state index in [1.807, 2.05) is 0 Å². The van der Waals surface area contributed by atoms with Crippen molar-refractivity contribution in [2.45, 2.75) is 62.7 Å². The highest BCUT2D eigenvalue weighted by molar-refractivity contribution is 7.98. The summed E-state index contributed by atoms with van der Waals surface area (Å²) >= 11 is 1.39. The molecule has 0 aliphatic heterocycles. The summed E-state index contributed by atoms with van der Waals surface area (Å²) in [5.41, 5.74) is 11.4. The molecule has 39 heavy (non-hydrogen) atoms. The molecule has 14 nitrogen and oxygen atoms in total. The standard InChI is InChI=1S/C24H35N5O9S/c1-39-11-10-17(27-21(34)15(25)6-9-20(32)33)23(36)28-16(7-8-19(26)31)22(35)29-18(24(37)38)12-13-2-4-14(30)5-3-13/h2-5,15-18,30H,6-12,25H2,1H3,(H2,26,31)(H,27,34)(H,28,36)(H,29,35)(H,32,33)(H,37,38). The first-order valence-corrected chi connectivity index (χ1v) is 13.4. The number of carboxylic acids is 2. The van der Waals surface area contributed by atoms with Gasteiger partial charge in [0.05, 0.1) is 6.04 Å². The Bertz CT molecular complexity index is 1020. The smallest absolute Gasteiger partial charge is 0.326 e. The lowest BCUT2D eigenvalue weighted by Crippen LogP contribution is -2.57. The highest BCUT2D eigenvalue weighted by Gasteiger charge is 2.30. The first-order chi connectivity index (χ1) is 18.3. The lowest BCUT2D eigenvalue weighted by Gasteiger charge is -2.25. The van der Waals surface area contributed by atoms with Gasteiger partial charge in [-0.05, 0) is 49.0 Å². The zero-order valence-corrected chi connectivity index (χ0v) is 22.2. The number of rotatable bonds is 18. The van der Waals surface area contributed by atoms with E-state index in [1.165, 1.54) is 36.0 Å². The molecule has 1 aromatic carbocycles. The van der Waals surface area contributed by atoms with Crippen molar-refractivity contribution in [1.82, 2.24) is 16.0 Å². The van der Waals surface area contributed by atoms with Crippen LogP contribution in [-0.4, -0.2) is 87.1 Å². The van der Waals surface area contributed by atoms with Crippen LogP contribution in [0, 0.1) is 0 Å². The summed E-state index contributed by atoms with van der Waals surface area (Å²) < 4.78 is 0. The molecule has 0 aromatic heterocycles. The molecule has 0 spiro atoms. The van der Waals surface area contributed by atoms with Gasteiger partial charge in [0.1, 0.15) is 23.9 Å². The molecule has 0 fully saturated rings. The predicted molar refractivity (Wildman–Crippen MR) is 142 cm³/mol. The summed E-state index contributed by atoms with van der Waals surface area (Å²) in [4.78, 5) is 72.5. The molecule has 1 aromatic rings. The van der Waals surface area contributed by atoms with E-state index in [-0.39, 0.29) is 44.3 Å². The number of hydrogen-bond acceptors (Lipinski definition) is 9. The molecule has 0 saturated heterocycles. The molecule has 0 aliphatic carbocycles.